The zero-order valence-corrected chi connectivity index (χ0v) is 7.59. The lowest BCUT2D eigenvalue weighted by molar-refractivity contribution is -0.0406. The van der Waals surface area contributed by atoms with E-state index in [1.54, 1.807) is 6.08 Å². The smallest absolute Gasteiger partial charge is 0.0913 e. The van der Waals surface area contributed by atoms with Crippen molar-refractivity contribution in [3.05, 3.63) is 24.8 Å². The topological polar surface area (TPSA) is 20.2 Å². The highest BCUT2D eigenvalue weighted by molar-refractivity contribution is 5.24. The Bertz CT molecular complexity index is 241. The van der Waals surface area contributed by atoms with Gasteiger partial charge in [-0.2, -0.15) is 0 Å². The third-order valence-electron chi connectivity index (χ3n) is 3.65. The van der Waals surface area contributed by atoms with Crippen molar-refractivity contribution < 1.29 is 5.11 Å². The van der Waals surface area contributed by atoms with Gasteiger partial charge in [0.1, 0.15) is 0 Å². The normalized spacial score (nSPS) is 51.0. The number of hydrogen-bond acceptors (Lipinski definition) is 1. The molecule has 3 atom stereocenters. The molecule has 0 heterocycles. The summed E-state index contributed by atoms with van der Waals surface area (Å²) in [7, 11) is 0. The van der Waals surface area contributed by atoms with Crippen LogP contribution in [0.4, 0.5) is 0 Å². The van der Waals surface area contributed by atoms with Gasteiger partial charge in [0.2, 0.25) is 0 Å². The predicted molar refractivity (Wildman–Crippen MR) is 49.7 cm³/mol. The van der Waals surface area contributed by atoms with E-state index < -0.39 is 5.60 Å². The molecular formula is C11H16O. The minimum absolute atomic E-state index is 0.0440. The third kappa shape index (κ3) is 0.831. The Kier molecular flexibility index (Phi) is 1.50. The molecule has 0 amide bonds. The second-order valence-corrected chi connectivity index (χ2v) is 4.41. The van der Waals surface area contributed by atoms with Gasteiger partial charge in [-0.15, -0.1) is 6.58 Å². The number of aliphatic hydroxyl groups is 1. The molecule has 2 aliphatic rings. The van der Waals surface area contributed by atoms with E-state index in [-0.39, 0.29) is 5.41 Å². The van der Waals surface area contributed by atoms with Crippen molar-refractivity contribution >= 4 is 0 Å². The number of fused-ring (bicyclic) bond motifs is 2. The van der Waals surface area contributed by atoms with E-state index in [1.807, 2.05) is 0 Å². The highest BCUT2D eigenvalue weighted by atomic mass is 16.3. The summed E-state index contributed by atoms with van der Waals surface area (Å²) in [5, 5.41) is 10.3. The summed E-state index contributed by atoms with van der Waals surface area (Å²) in [5.41, 5.74) is -0.700. The first kappa shape index (κ1) is 8.06. The van der Waals surface area contributed by atoms with E-state index in [0.717, 1.165) is 19.3 Å². The van der Waals surface area contributed by atoms with E-state index in [9.17, 15) is 5.11 Å². The molecule has 1 nitrogen and oxygen atoms in total. The molecule has 0 unspecified atom stereocenters. The first-order valence-corrected chi connectivity index (χ1v) is 4.65. The molecule has 0 aromatic rings. The van der Waals surface area contributed by atoms with Gasteiger partial charge in [-0.3, -0.25) is 0 Å². The minimum atomic E-state index is -0.656. The molecule has 0 aromatic carbocycles. The van der Waals surface area contributed by atoms with E-state index >= 15 is 0 Å². The first-order chi connectivity index (χ1) is 5.60. The van der Waals surface area contributed by atoms with Crippen LogP contribution >= 0.6 is 0 Å². The molecule has 1 N–H and O–H groups in total. The van der Waals surface area contributed by atoms with Crippen molar-refractivity contribution in [2.75, 3.05) is 0 Å². The van der Waals surface area contributed by atoms with E-state index in [2.05, 4.69) is 25.7 Å². The Morgan fingerprint density at radius 1 is 1.67 bits per heavy atom. The van der Waals surface area contributed by atoms with Gasteiger partial charge in [0, 0.05) is 5.41 Å². The van der Waals surface area contributed by atoms with Gasteiger partial charge in [-0.05, 0) is 25.2 Å². The molecule has 2 bridgehead atoms. The van der Waals surface area contributed by atoms with Gasteiger partial charge >= 0.3 is 0 Å². The predicted octanol–water partition coefficient (Wildman–Crippen LogP) is 2.28. The molecule has 0 spiro atoms. The van der Waals surface area contributed by atoms with Gasteiger partial charge in [0.25, 0.3) is 0 Å². The van der Waals surface area contributed by atoms with Crippen LogP contribution in [0.25, 0.3) is 0 Å². The average molecular weight is 164 g/mol. The van der Waals surface area contributed by atoms with Crippen LogP contribution in [0.5, 0.6) is 0 Å². The molecule has 0 radical (unpaired) electrons. The van der Waals surface area contributed by atoms with E-state index in [4.69, 9.17) is 0 Å². The molecule has 1 fully saturated rings. The summed E-state index contributed by atoms with van der Waals surface area (Å²) in [6.07, 6.45) is 9.21. The lowest BCUT2D eigenvalue weighted by Crippen LogP contribution is -2.45. The number of rotatable bonds is 1. The molecule has 0 saturated heterocycles. The first-order valence-electron chi connectivity index (χ1n) is 4.65. The number of allylic oxidation sites excluding steroid dienone is 1. The Labute approximate surface area is 73.8 Å². The van der Waals surface area contributed by atoms with Gasteiger partial charge in [0.05, 0.1) is 5.60 Å². The Morgan fingerprint density at radius 3 is 3.08 bits per heavy atom. The fourth-order valence-corrected chi connectivity index (χ4v) is 2.57. The van der Waals surface area contributed by atoms with Crippen molar-refractivity contribution in [3.63, 3.8) is 0 Å². The standard InChI is InChI=1S/C11H16O/c1-3-11(12)7-5-9-4-6-10(11,2)8-9/h3-4,6,9,12H,1,5,7-8H2,2H3/t9-,10-,11+/m0/s1. The van der Waals surface area contributed by atoms with Crippen LogP contribution in [-0.4, -0.2) is 10.7 Å². The summed E-state index contributed by atoms with van der Waals surface area (Å²) in [5.74, 6) is 0.704. The molecular weight excluding hydrogens is 148 g/mol. The average Bonchev–Trinajstić information content (AvgIpc) is 2.40. The van der Waals surface area contributed by atoms with Gasteiger partial charge in [-0.1, -0.05) is 25.2 Å². The fraction of sp³-hybridized carbons (Fsp3) is 0.636. The fourth-order valence-electron chi connectivity index (χ4n) is 2.57. The highest BCUT2D eigenvalue weighted by Crippen LogP contribution is 2.52. The third-order valence-corrected chi connectivity index (χ3v) is 3.65. The van der Waals surface area contributed by atoms with Crippen molar-refractivity contribution in [2.45, 2.75) is 31.8 Å². The Morgan fingerprint density at radius 2 is 2.42 bits per heavy atom. The maximum atomic E-state index is 10.3. The summed E-state index contributed by atoms with van der Waals surface area (Å²) in [6.45, 7) is 5.86. The van der Waals surface area contributed by atoms with Gasteiger partial charge in [-0.25, -0.2) is 0 Å². The van der Waals surface area contributed by atoms with Gasteiger partial charge < -0.3 is 5.11 Å². The van der Waals surface area contributed by atoms with Crippen LogP contribution in [-0.2, 0) is 0 Å². The monoisotopic (exact) mass is 164 g/mol. The van der Waals surface area contributed by atoms with E-state index in [0.29, 0.717) is 5.92 Å². The van der Waals surface area contributed by atoms with Crippen molar-refractivity contribution in [3.8, 4) is 0 Å². The Hall–Kier alpha value is -0.560. The second-order valence-electron chi connectivity index (χ2n) is 4.41. The molecule has 0 aliphatic heterocycles. The van der Waals surface area contributed by atoms with E-state index in [1.165, 1.54) is 0 Å². The largest absolute Gasteiger partial charge is 0.385 e. The molecule has 66 valence electrons. The maximum Gasteiger partial charge on any atom is 0.0913 e. The SMILES string of the molecule is C=C[C@@]1(O)CC[C@@H]2C=C[C@@]1(C)C2. The molecule has 1 heteroatoms. The molecule has 0 aromatic heterocycles. The summed E-state index contributed by atoms with van der Waals surface area (Å²) >= 11 is 0. The van der Waals surface area contributed by atoms with Gasteiger partial charge in [0.15, 0.2) is 0 Å². The Balaban J connectivity index is 2.38. The summed E-state index contributed by atoms with van der Waals surface area (Å²) in [6, 6.07) is 0. The lowest BCUT2D eigenvalue weighted by Gasteiger charge is -2.43. The quantitative estimate of drug-likeness (QED) is 0.589. The summed E-state index contributed by atoms with van der Waals surface area (Å²) < 4.78 is 0. The highest BCUT2D eigenvalue weighted by Gasteiger charge is 2.49. The molecule has 1 saturated carbocycles. The van der Waals surface area contributed by atoms with Crippen LogP contribution in [0.2, 0.25) is 0 Å². The second kappa shape index (κ2) is 2.23. The van der Waals surface area contributed by atoms with Crippen LogP contribution in [0.1, 0.15) is 26.2 Å². The van der Waals surface area contributed by atoms with Crippen molar-refractivity contribution in [1.82, 2.24) is 0 Å². The van der Waals surface area contributed by atoms with Crippen LogP contribution in [0.15, 0.2) is 24.8 Å². The van der Waals surface area contributed by atoms with Crippen LogP contribution in [0.3, 0.4) is 0 Å². The van der Waals surface area contributed by atoms with Crippen LogP contribution in [0, 0.1) is 11.3 Å². The zero-order chi connectivity index (χ0) is 8.82. The zero-order valence-electron chi connectivity index (χ0n) is 7.59. The minimum Gasteiger partial charge on any atom is -0.385 e. The van der Waals surface area contributed by atoms with Crippen molar-refractivity contribution in [2.24, 2.45) is 11.3 Å². The maximum absolute atomic E-state index is 10.3. The molecule has 12 heavy (non-hydrogen) atoms. The number of hydrogen-bond donors (Lipinski definition) is 1. The summed E-state index contributed by atoms with van der Waals surface area (Å²) in [4.78, 5) is 0. The lowest BCUT2D eigenvalue weighted by atomic mass is 9.65. The molecule has 2 rings (SSSR count). The van der Waals surface area contributed by atoms with Crippen LogP contribution < -0.4 is 0 Å². The molecule has 2 aliphatic carbocycles. The van der Waals surface area contributed by atoms with Crippen molar-refractivity contribution in [1.29, 1.82) is 0 Å².